The van der Waals surface area contributed by atoms with E-state index in [4.69, 9.17) is 39.5 Å². The minimum Gasteiger partial charge on any atom is -0.490 e. The van der Waals surface area contributed by atoms with Crippen LogP contribution in [0.1, 0.15) is 61.7 Å². The van der Waals surface area contributed by atoms with E-state index in [-0.39, 0.29) is 20.6 Å². The molecule has 0 radical (unpaired) electrons. The number of rotatable bonds is 8. The first-order valence-corrected chi connectivity index (χ1v) is 12.1. The fourth-order valence-electron chi connectivity index (χ4n) is 3.93. The quantitative estimate of drug-likeness (QED) is 0.366. The lowest BCUT2D eigenvalue weighted by molar-refractivity contribution is 0.0967. The Labute approximate surface area is 203 Å². The number of nitrogens with one attached hydrogen (secondary N) is 2. The fourth-order valence-corrected chi connectivity index (χ4v) is 4.75. The summed E-state index contributed by atoms with van der Waals surface area (Å²) in [5.41, 5.74) is 0.543. The average molecular weight is 498 g/mol. The van der Waals surface area contributed by atoms with Gasteiger partial charge in [-0.05, 0) is 43.0 Å². The largest absolute Gasteiger partial charge is 0.490 e. The van der Waals surface area contributed by atoms with Crippen molar-refractivity contribution in [2.75, 3.05) is 11.9 Å². The molecule has 0 atom stereocenters. The van der Waals surface area contributed by atoms with Crippen LogP contribution in [0.15, 0.2) is 36.4 Å². The van der Waals surface area contributed by atoms with Crippen molar-refractivity contribution in [3.05, 3.63) is 57.0 Å². The summed E-state index contributed by atoms with van der Waals surface area (Å²) in [4.78, 5) is 24.4. The van der Waals surface area contributed by atoms with Gasteiger partial charge in [-0.1, -0.05) is 85.5 Å². The van der Waals surface area contributed by atoms with Gasteiger partial charge in [-0.3, -0.25) is 10.1 Å². The number of benzene rings is 2. The fraction of sp³-hybridized carbons (Fsp3) is 0.417. The third kappa shape index (κ3) is 7.29. The number of hydrogen-bond donors (Lipinski definition) is 2. The van der Waals surface area contributed by atoms with Crippen LogP contribution in [-0.4, -0.2) is 18.5 Å². The van der Waals surface area contributed by atoms with E-state index in [2.05, 4.69) is 10.6 Å². The van der Waals surface area contributed by atoms with Gasteiger partial charge < -0.3 is 10.1 Å². The number of ether oxygens (including phenoxy) is 1. The summed E-state index contributed by atoms with van der Waals surface area (Å²) >= 11 is 18.6. The van der Waals surface area contributed by atoms with Crippen LogP contribution in [0.5, 0.6) is 5.75 Å². The van der Waals surface area contributed by atoms with Gasteiger partial charge in [-0.25, -0.2) is 4.79 Å². The smallest absolute Gasteiger partial charge is 0.326 e. The minimum absolute atomic E-state index is 0.201. The summed E-state index contributed by atoms with van der Waals surface area (Å²) in [5.74, 6) is 0.639. The van der Waals surface area contributed by atoms with E-state index in [0.29, 0.717) is 18.0 Å². The van der Waals surface area contributed by atoms with Crippen LogP contribution in [0, 0.1) is 5.92 Å². The maximum Gasteiger partial charge on any atom is 0.326 e. The molecular formula is C24H27Cl3N2O3. The minimum atomic E-state index is -0.724. The lowest BCUT2D eigenvalue weighted by Crippen LogP contribution is -2.34. The number of carbonyl (C=O) groups is 2. The van der Waals surface area contributed by atoms with Crippen LogP contribution in [0.25, 0.3) is 0 Å². The monoisotopic (exact) mass is 496 g/mol. The van der Waals surface area contributed by atoms with Gasteiger partial charge in [0.05, 0.1) is 27.2 Å². The van der Waals surface area contributed by atoms with Crippen molar-refractivity contribution < 1.29 is 14.3 Å². The number of halogens is 3. The van der Waals surface area contributed by atoms with Gasteiger partial charge in [0.15, 0.2) is 5.75 Å². The van der Waals surface area contributed by atoms with Gasteiger partial charge in [0.2, 0.25) is 0 Å². The van der Waals surface area contributed by atoms with Crippen molar-refractivity contribution in [1.29, 1.82) is 0 Å². The zero-order valence-corrected chi connectivity index (χ0v) is 20.0. The lowest BCUT2D eigenvalue weighted by Gasteiger charge is -2.21. The van der Waals surface area contributed by atoms with Gasteiger partial charge in [-0.2, -0.15) is 0 Å². The summed E-state index contributed by atoms with van der Waals surface area (Å²) < 4.78 is 5.79. The Balaban J connectivity index is 1.47. The highest BCUT2D eigenvalue weighted by Crippen LogP contribution is 2.36. The number of imide groups is 1. The summed E-state index contributed by atoms with van der Waals surface area (Å²) in [6.45, 7) is 0.533. The molecule has 1 fully saturated rings. The first kappa shape index (κ1) is 24.7. The van der Waals surface area contributed by atoms with E-state index >= 15 is 0 Å². The molecule has 8 heteroatoms. The molecule has 0 saturated heterocycles. The summed E-state index contributed by atoms with van der Waals surface area (Å²) in [5, 5.41) is 5.60. The highest BCUT2D eigenvalue weighted by Gasteiger charge is 2.16. The highest BCUT2D eigenvalue weighted by molar-refractivity contribution is 6.37. The van der Waals surface area contributed by atoms with E-state index in [1.165, 1.54) is 56.7 Å². The molecule has 1 aliphatic rings. The Bertz CT molecular complexity index is 923. The van der Waals surface area contributed by atoms with E-state index in [1.807, 2.05) is 0 Å². The molecule has 2 N–H and O–H groups in total. The maximum absolute atomic E-state index is 12.2. The molecule has 3 rings (SSSR count). The SMILES string of the molecule is O=C(NC(=O)c1ccccc1Cl)Nc1cc(Cl)c(OCCCCC2CCCCC2)c(Cl)c1. The normalized spacial score (nSPS) is 14.1. The first-order valence-electron chi connectivity index (χ1n) is 10.9. The third-order valence-electron chi connectivity index (χ3n) is 5.58. The molecule has 1 saturated carbocycles. The van der Waals surface area contributed by atoms with E-state index in [1.54, 1.807) is 18.2 Å². The second kappa shape index (κ2) is 12.3. The highest BCUT2D eigenvalue weighted by atomic mass is 35.5. The molecule has 0 heterocycles. The number of urea groups is 1. The number of amides is 3. The average Bonchev–Trinajstić information content (AvgIpc) is 2.76. The molecule has 2 aromatic carbocycles. The Morgan fingerprint density at radius 1 is 0.938 bits per heavy atom. The van der Waals surface area contributed by atoms with Crippen LogP contribution in [0.2, 0.25) is 15.1 Å². The molecule has 0 bridgehead atoms. The Hall–Kier alpha value is -1.95. The van der Waals surface area contributed by atoms with Crippen molar-refractivity contribution in [2.24, 2.45) is 5.92 Å². The van der Waals surface area contributed by atoms with Crippen molar-refractivity contribution >= 4 is 52.4 Å². The standard InChI is InChI=1S/C24H27Cl3N2O3/c25-19-12-5-4-11-18(19)23(30)29-24(31)28-17-14-20(26)22(21(27)15-17)32-13-7-6-10-16-8-2-1-3-9-16/h4-5,11-12,14-16H,1-3,6-10,13H2,(H2,28,29,30,31). The Morgan fingerprint density at radius 3 is 2.31 bits per heavy atom. The molecule has 0 spiro atoms. The molecule has 1 aliphatic carbocycles. The molecule has 2 aromatic rings. The number of hydrogen-bond acceptors (Lipinski definition) is 3. The molecule has 0 aromatic heterocycles. The van der Waals surface area contributed by atoms with Gasteiger partial charge >= 0.3 is 6.03 Å². The van der Waals surface area contributed by atoms with E-state index in [0.717, 1.165) is 18.8 Å². The Kier molecular flexibility index (Phi) is 9.51. The predicted molar refractivity (Wildman–Crippen MR) is 130 cm³/mol. The molecule has 0 aliphatic heterocycles. The summed E-state index contributed by atoms with van der Waals surface area (Å²) in [7, 11) is 0. The number of anilines is 1. The summed E-state index contributed by atoms with van der Waals surface area (Å²) in [6, 6.07) is 8.80. The van der Waals surface area contributed by atoms with Crippen LogP contribution < -0.4 is 15.4 Å². The van der Waals surface area contributed by atoms with Gasteiger partial charge in [0, 0.05) is 5.69 Å². The maximum atomic E-state index is 12.2. The zero-order chi connectivity index (χ0) is 22.9. The van der Waals surface area contributed by atoms with E-state index < -0.39 is 11.9 Å². The zero-order valence-electron chi connectivity index (χ0n) is 17.8. The van der Waals surface area contributed by atoms with Crippen molar-refractivity contribution in [1.82, 2.24) is 5.32 Å². The second-order valence-electron chi connectivity index (χ2n) is 8.01. The number of carbonyl (C=O) groups excluding carboxylic acids is 2. The topological polar surface area (TPSA) is 67.4 Å². The Morgan fingerprint density at radius 2 is 1.62 bits per heavy atom. The number of unbranched alkanes of at least 4 members (excludes halogenated alkanes) is 1. The van der Waals surface area contributed by atoms with Crippen LogP contribution >= 0.6 is 34.8 Å². The molecule has 32 heavy (non-hydrogen) atoms. The van der Waals surface area contributed by atoms with Crippen LogP contribution in [0.3, 0.4) is 0 Å². The molecule has 3 amide bonds. The second-order valence-corrected chi connectivity index (χ2v) is 9.23. The molecule has 5 nitrogen and oxygen atoms in total. The van der Waals surface area contributed by atoms with Crippen molar-refractivity contribution in [2.45, 2.75) is 51.4 Å². The third-order valence-corrected chi connectivity index (χ3v) is 6.47. The van der Waals surface area contributed by atoms with Gasteiger partial charge in [0.25, 0.3) is 5.91 Å². The lowest BCUT2D eigenvalue weighted by atomic mass is 9.86. The predicted octanol–water partition coefficient (Wildman–Crippen LogP) is 7.74. The van der Waals surface area contributed by atoms with Gasteiger partial charge in [-0.15, -0.1) is 0 Å². The molecule has 172 valence electrons. The van der Waals surface area contributed by atoms with Gasteiger partial charge in [0.1, 0.15) is 0 Å². The molecular weight excluding hydrogens is 471 g/mol. The van der Waals surface area contributed by atoms with Crippen molar-refractivity contribution in [3.8, 4) is 5.75 Å². The van der Waals surface area contributed by atoms with Crippen LogP contribution in [0.4, 0.5) is 10.5 Å². The first-order chi connectivity index (χ1) is 15.4. The van der Waals surface area contributed by atoms with Crippen LogP contribution in [-0.2, 0) is 0 Å². The van der Waals surface area contributed by atoms with Crippen molar-refractivity contribution in [3.63, 3.8) is 0 Å². The summed E-state index contributed by atoms with van der Waals surface area (Å²) in [6.07, 6.45) is 10.1. The molecule has 0 unspecified atom stereocenters. The van der Waals surface area contributed by atoms with E-state index in [9.17, 15) is 9.59 Å².